The highest BCUT2D eigenvalue weighted by Gasteiger charge is 2.01. The summed E-state index contributed by atoms with van der Waals surface area (Å²) < 4.78 is 0. The van der Waals surface area contributed by atoms with Crippen LogP contribution in [0, 0.1) is 0 Å². The Kier molecular flexibility index (Phi) is 5.33. The lowest BCUT2D eigenvalue weighted by atomic mass is 10.2. The highest BCUT2D eigenvalue weighted by atomic mass is 35.5. The Hall–Kier alpha value is -0.220. The minimum absolute atomic E-state index is 0.173. The molecule has 2 nitrogen and oxygen atoms in total. The lowest BCUT2D eigenvalue weighted by Crippen LogP contribution is -2.14. The Balaban J connectivity index is 2.28. The molecule has 0 bridgehead atoms. The van der Waals surface area contributed by atoms with Crippen molar-refractivity contribution in [1.82, 2.24) is 0 Å². The summed E-state index contributed by atoms with van der Waals surface area (Å²) in [4.78, 5) is 0. The van der Waals surface area contributed by atoms with E-state index in [9.17, 15) is 0 Å². The molecule has 0 aromatic heterocycles. The monoisotopic (exact) mass is 232 g/mol. The molecule has 1 atom stereocenters. The van der Waals surface area contributed by atoms with E-state index in [2.05, 4.69) is 0 Å². The predicted octanol–water partition coefficient (Wildman–Crippen LogP) is 1.93. The Morgan fingerprint density at radius 2 is 1.93 bits per heavy atom. The normalized spacial score (nSPS) is 12.8. The zero-order chi connectivity index (χ0) is 10.4. The van der Waals surface area contributed by atoms with Crippen LogP contribution >= 0.6 is 23.4 Å². The molecule has 1 aromatic rings. The van der Waals surface area contributed by atoms with Crippen LogP contribution in [0.3, 0.4) is 0 Å². The molecular weight excluding hydrogens is 220 g/mol. The fourth-order valence-electron chi connectivity index (χ4n) is 0.946. The Labute approximate surface area is 92.9 Å². The molecule has 1 rings (SSSR count). The first-order chi connectivity index (χ1) is 6.72. The van der Waals surface area contributed by atoms with Gasteiger partial charge in [-0.2, -0.15) is 11.8 Å². The van der Waals surface area contributed by atoms with Crippen LogP contribution < -0.4 is 0 Å². The lowest BCUT2D eigenvalue weighted by Gasteiger charge is -2.06. The van der Waals surface area contributed by atoms with Gasteiger partial charge in [-0.25, -0.2) is 0 Å². The first-order valence-corrected chi connectivity index (χ1v) is 5.86. The van der Waals surface area contributed by atoms with Gasteiger partial charge in [0.05, 0.1) is 12.7 Å². The van der Waals surface area contributed by atoms with Gasteiger partial charge in [0.2, 0.25) is 0 Å². The molecule has 2 N–H and O–H groups in total. The molecule has 14 heavy (non-hydrogen) atoms. The van der Waals surface area contributed by atoms with Crippen LogP contribution in [0.2, 0.25) is 5.02 Å². The molecule has 0 aliphatic heterocycles. The van der Waals surface area contributed by atoms with Crippen molar-refractivity contribution in [1.29, 1.82) is 0 Å². The van der Waals surface area contributed by atoms with E-state index in [1.54, 1.807) is 11.8 Å². The summed E-state index contributed by atoms with van der Waals surface area (Å²) >= 11 is 7.33. The predicted molar refractivity (Wildman–Crippen MR) is 60.7 cm³/mol. The molecule has 0 aliphatic carbocycles. The van der Waals surface area contributed by atoms with Crippen molar-refractivity contribution in [3.63, 3.8) is 0 Å². The molecule has 0 radical (unpaired) electrons. The summed E-state index contributed by atoms with van der Waals surface area (Å²) in [5.41, 5.74) is 1.17. The number of thioether (sulfide) groups is 1. The van der Waals surface area contributed by atoms with Gasteiger partial charge in [0, 0.05) is 16.5 Å². The van der Waals surface area contributed by atoms with E-state index >= 15 is 0 Å². The lowest BCUT2D eigenvalue weighted by molar-refractivity contribution is 0.113. The average Bonchev–Trinajstić information content (AvgIpc) is 2.21. The van der Waals surface area contributed by atoms with Crippen molar-refractivity contribution >= 4 is 23.4 Å². The minimum Gasteiger partial charge on any atom is -0.394 e. The number of hydrogen-bond acceptors (Lipinski definition) is 3. The summed E-state index contributed by atoms with van der Waals surface area (Å²) in [5, 5.41) is 18.4. The topological polar surface area (TPSA) is 40.5 Å². The van der Waals surface area contributed by atoms with E-state index in [-0.39, 0.29) is 6.61 Å². The van der Waals surface area contributed by atoms with Gasteiger partial charge < -0.3 is 10.2 Å². The Morgan fingerprint density at radius 3 is 2.50 bits per heavy atom. The summed E-state index contributed by atoms with van der Waals surface area (Å²) in [6, 6.07) is 7.61. The summed E-state index contributed by atoms with van der Waals surface area (Å²) in [6.07, 6.45) is -0.618. The van der Waals surface area contributed by atoms with Crippen LogP contribution in [0.5, 0.6) is 0 Å². The summed E-state index contributed by atoms with van der Waals surface area (Å²) in [5.74, 6) is 1.38. The van der Waals surface area contributed by atoms with E-state index < -0.39 is 6.10 Å². The maximum atomic E-state index is 9.09. The molecule has 1 aromatic carbocycles. The number of halogens is 1. The van der Waals surface area contributed by atoms with Crippen molar-refractivity contribution in [2.75, 3.05) is 12.4 Å². The number of benzene rings is 1. The smallest absolute Gasteiger partial charge is 0.0861 e. The highest BCUT2D eigenvalue weighted by molar-refractivity contribution is 7.98. The zero-order valence-corrected chi connectivity index (χ0v) is 9.26. The second kappa shape index (κ2) is 6.30. The molecular formula is C10H13ClO2S. The Bertz CT molecular complexity index is 263. The van der Waals surface area contributed by atoms with Crippen LogP contribution in [0.15, 0.2) is 24.3 Å². The Morgan fingerprint density at radius 1 is 1.29 bits per heavy atom. The van der Waals surface area contributed by atoms with Gasteiger partial charge in [0.15, 0.2) is 0 Å². The van der Waals surface area contributed by atoms with Crippen LogP contribution in [0.4, 0.5) is 0 Å². The second-order valence-electron chi connectivity index (χ2n) is 2.98. The fraction of sp³-hybridized carbons (Fsp3) is 0.400. The maximum Gasteiger partial charge on any atom is 0.0861 e. The van der Waals surface area contributed by atoms with E-state index in [1.807, 2.05) is 24.3 Å². The minimum atomic E-state index is -0.618. The molecule has 78 valence electrons. The van der Waals surface area contributed by atoms with Crippen molar-refractivity contribution in [2.45, 2.75) is 11.9 Å². The zero-order valence-electron chi connectivity index (χ0n) is 7.69. The van der Waals surface area contributed by atoms with Gasteiger partial charge in [-0.1, -0.05) is 23.7 Å². The number of rotatable bonds is 5. The third-order valence-electron chi connectivity index (χ3n) is 1.70. The molecule has 4 heteroatoms. The summed E-state index contributed by atoms with van der Waals surface area (Å²) in [6.45, 7) is -0.173. The standard InChI is InChI=1S/C10H13ClO2S/c11-9-3-1-8(2-4-9)6-14-7-10(13)5-12/h1-4,10,12-13H,5-7H2. The summed E-state index contributed by atoms with van der Waals surface area (Å²) in [7, 11) is 0. The molecule has 1 unspecified atom stereocenters. The van der Waals surface area contributed by atoms with Gasteiger partial charge in [-0.05, 0) is 17.7 Å². The molecule has 0 aliphatic rings. The number of aliphatic hydroxyl groups excluding tert-OH is 2. The van der Waals surface area contributed by atoms with Gasteiger partial charge in [0.25, 0.3) is 0 Å². The van der Waals surface area contributed by atoms with E-state index in [1.165, 1.54) is 5.56 Å². The second-order valence-corrected chi connectivity index (χ2v) is 4.44. The fourth-order valence-corrected chi connectivity index (χ4v) is 2.00. The molecule has 0 saturated heterocycles. The van der Waals surface area contributed by atoms with Crippen LogP contribution in [-0.4, -0.2) is 28.7 Å². The van der Waals surface area contributed by atoms with E-state index in [0.717, 1.165) is 10.8 Å². The average molecular weight is 233 g/mol. The van der Waals surface area contributed by atoms with Gasteiger partial charge in [-0.3, -0.25) is 0 Å². The SMILES string of the molecule is OCC(O)CSCc1ccc(Cl)cc1. The third-order valence-corrected chi connectivity index (χ3v) is 3.11. The first kappa shape index (κ1) is 11.9. The van der Waals surface area contributed by atoms with E-state index in [4.69, 9.17) is 21.8 Å². The van der Waals surface area contributed by atoms with Gasteiger partial charge in [-0.15, -0.1) is 0 Å². The molecule has 0 spiro atoms. The quantitative estimate of drug-likeness (QED) is 0.815. The first-order valence-electron chi connectivity index (χ1n) is 4.33. The van der Waals surface area contributed by atoms with Crippen molar-refractivity contribution in [2.24, 2.45) is 0 Å². The highest BCUT2D eigenvalue weighted by Crippen LogP contribution is 2.15. The number of hydrogen-bond donors (Lipinski definition) is 2. The van der Waals surface area contributed by atoms with E-state index in [0.29, 0.717) is 5.75 Å². The van der Waals surface area contributed by atoms with Crippen LogP contribution in [0.1, 0.15) is 5.56 Å². The van der Waals surface area contributed by atoms with Crippen LogP contribution in [0.25, 0.3) is 0 Å². The molecule has 0 saturated carbocycles. The third kappa shape index (κ3) is 4.33. The van der Waals surface area contributed by atoms with Crippen molar-refractivity contribution in [3.8, 4) is 0 Å². The molecule has 0 amide bonds. The number of aliphatic hydroxyl groups is 2. The maximum absolute atomic E-state index is 9.09. The van der Waals surface area contributed by atoms with Gasteiger partial charge >= 0.3 is 0 Å². The van der Waals surface area contributed by atoms with Crippen molar-refractivity contribution in [3.05, 3.63) is 34.9 Å². The van der Waals surface area contributed by atoms with Crippen molar-refractivity contribution < 1.29 is 10.2 Å². The molecule has 0 heterocycles. The molecule has 0 fully saturated rings. The largest absolute Gasteiger partial charge is 0.394 e. The van der Waals surface area contributed by atoms with Gasteiger partial charge in [0.1, 0.15) is 0 Å². The van der Waals surface area contributed by atoms with Crippen LogP contribution in [-0.2, 0) is 5.75 Å².